The van der Waals surface area contributed by atoms with Crippen molar-refractivity contribution < 1.29 is 14.3 Å². The van der Waals surface area contributed by atoms with E-state index in [9.17, 15) is 5.26 Å². The van der Waals surface area contributed by atoms with Gasteiger partial charge in [-0.2, -0.15) is 14.9 Å². The highest BCUT2D eigenvalue weighted by Gasteiger charge is 2.18. The van der Waals surface area contributed by atoms with Crippen LogP contribution in [0.5, 0.6) is 0 Å². The van der Waals surface area contributed by atoms with Crippen molar-refractivity contribution in [2.45, 2.75) is 38.8 Å². The average molecular weight is 511 g/mol. The van der Waals surface area contributed by atoms with E-state index in [1.54, 1.807) is 10.7 Å². The van der Waals surface area contributed by atoms with Gasteiger partial charge in [0.1, 0.15) is 5.69 Å². The molecule has 38 heavy (non-hydrogen) atoms. The molecule has 5 rings (SSSR count). The molecule has 192 valence electrons. The summed E-state index contributed by atoms with van der Waals surface area (Å²) in [4.78, 5) is 30.4. The first-order chi connectivity index (χ1) is 18.5. The van der Waals surface area contributed by atoms with Gasteiger partial charge in [-0.15, -0.1) is 5.10 Å². The fourth-order valence-electron chi connectivity index (χ4n) is 3.94. The Morgan fingerprint density at radius 1 is 1.08 bits per heavy atom. The lowest BCUT2D eigenvalue weighted by Gasteiger charge is -2.13. The fraction of sp³-hybridized carbons (Fsp3) is 0.296. The van der Waals surface area contributed by atoms with Gasteiger partial charge in [-0.1, -0.05) is 37.3 Å². The van der Waals surface area contributed by atoms with Gasteiger partial charge in [0, 0.05) is 17.9 Å². The van der Waals surface area contributed by atoms with Crippen LogP contribution < -0.4 is 5.32 Å². The molecule has 4 heterocycles. The first kappa shape index (κ1) is 26.3. The smallest absolute Gasteiger partial charge is 0.373 e. The summed E-state index contributed by atoms with van der Waals surface area (Å²) in [6.07, 6.45) is 3.01. The molecule has 3 aromatic heterocycles. The Hall–Kier alpha value is -4.78. The largest absolute Gasteiger partial charge is 0.379 e. The van der Waals surface area contributed by atoms with Crippen molar-refractivity contribution in [1.29, 1.82) is 5.26 Å². The van der Waals surface area contributed by atoms with E-state index < -0.39 is 0 Å². The molecule has 1 fully saturated rings. The van der Waals surface area contributed by atoms with Crippen LogP contribution in [0.1, 0.15) is 43.1 Å². The van der Waals surface area contributed by atoms with Gasteiger partial charge in [-0.05, 0) is 42.7 Å². The number of hydrogen-bond donors (Lipinski definition) is 1. The van der Waals surface area contributed by atoms with Crippen molar-refractivity contribution in [2.75, 3.05) is 18.5 Å². The van der Waals surface area contributed by atoms with E-state index >= 15 is 0 Å². The summed E-state index contributed by atoms with van der Waals surface area (Å²) in [7, 11) is 0. The molecule has 1 aromatic carbocycles. The first-order valence-corrected chi connectivity index (χ1v) is 12.1. The fourth-order valence-corrected chi connectivity index (χ4v) is 3.94. The molecule has 1 aliphatic heterocycles. The van der Waals surface area contributed by atoms with Crippen molar-refractivity contribution in [3.8, 4) is 28.7 Å². The third-order valence-corrected chi connectivity index (χ3v) is 5.82. The van der Waals surface area contributed by atoms with Gasteiger partial charge in [0.05, 0.1) is 54.1 Å². The Kier molecular flexibility index (Phi) is 8.61. The molecule has 1 saturated heterocycles. The van der Waals surface area contributed by atoms with E-state index in [1.165, 1.54) is 0 Å². The van der Waals surface area contributed by atoms with Gasteiger partial charge in [0.2, 0.25) is 5.95 Å². The maximum absolute atomic E-state index is 9.32. The van der Waals surface area contributed by atoms with E-state index in [0.717, 1.165) is 30.0 Å². The summed E-state index contributed by atoms with van der Waals surface area (Å²) in [6, 6.07) is 17.6. The van der Waals surface area contributed by atoms with Crippen molar-refractivity contribution in [3.05, 3.63) is 71.7 Å². The summed E-state index contributed by atoms with van der Waals surface area (Å²) in [5.41, 5.74) is 5.37. The van der Waals surface area contributed by atoms with Crippen LogP contribution in [-0.2, 0) is 20.9 Å². The second-order valence-corrected chi connectivity index (χ2v) is 8.95. The van der Waals surface area contributed by atoms with Crippen molar-refractivity contribution in [1.82, 2.24) is 29.9 Å². The third-order valence-electron chi connectivity index (χ3n) is 5.82. The second kappa shape index (κ2) is 12.5. The molecular weight excluding hydrogens is 484 g/mol. The predicted octanol–water partition coefficient (Wildman–Crippen LogP) is 3.46. The van der Waals surface area contributed by atoms with Crippen LogP contribution in [0.15, 0.2) is 54.7 Å². The molecule has 0 radical (unpaired) electrons. The SMILES string of the molecule is CC(C)c1cccc(Cn2cc(-c3cc(-c4cccc(C#N)c4)nc(N[C@@H]4CCOC4)n3)nn2)n1.O=C=O. The number of ether oxygens (including phenoxy) is 1. The van der Waals surface area contributed by atoms with Gasteiger partial charge < -0.3 is 10.1 Å². The van der Waals surface area contributed by atoms with Crippen LogP contribution in [0.3, 0.4) is 0 Å². The van der Waals surface area contributed by atoms with Gasteiger partial charge in [0.15, 0.2) is 0 Å². The van der Waals surface area contributed by atoms with Crippen molar-refractivity contribution in [2.24, 2.45) is 0 Å². The molecule has 0 spiro atoms. The van der Waals surface area contributed by atoms with Crippen molar-refractivity contribution in [3.63, 3.8) is 0 Å². The number of carbonyl (C=O) groups excluding carboxylic acids is 2. The summed E-state index contributed by atoms with van der Waals surface area (Å²) >= 11 is 0. The first-order valence-electron chi connectivity index (χ1n) is 12.1. The molecule has 0 bridgehead atoms. The molecule has 0 unspecified atom stereocenters. The second-order valence-electron chi connectivity index (χ2n) is 8.95. The number of nitrogens with one attached hydrogen (secondary N) is 1. The zero-order chi connectivity index (χ0) is 26.9. The number of benzene rings is 1. The van der Waals surface area contributed by atoms with E-state index in [0.29, 0.717) is 47.7 Å². The monoisotopic (exact) mass is 510 g/mol. The highest BCUT2D eigenvalue weighted by Crippen LogP contribution is 2.25. The van der Waals surface area contributed by atoms with Gasteiger partial charge >= 0.3 is 6.15 Å². The molecular formula is C27H26N8O3. The predicted molar refractivity (Wildman–Crippen MR) is 136 cm³/mol. The molecule has 0 aliphatic carbocycles. The van der Waals surface area contributed by atoms with E-state index in [1.807, 2.05) is 48.7 Å². The van der Waals surface area contributed by atoms with Gasteiger partial charge in [0.25, 0.3) is 0 Å². The summed E-state index contributed by atoms with van der Waals surface area (Å²) < 4.78 is 7.25. The standard InChI is InChI=1S/C26H26N8O.CO2/c1-17(2)22-8-4-7-20(28-22)14-34-15-25(32-33-34)24-12-23(19-6-3-5-18(11-19)13-27)30-26(31-24)29-21-9-10-35-16-21;2-1-3/h3-8,11-12,15,17,21H,9-10,14,16H2,1-2H3,(H,29,30,31);/t21-;/m1./s1. The number of aromatic nitrogens is 6. The summed E-state index contributed by atoms with van der Waals surface area (Å²) in [5.74, 6) is 0.854. The Morgan fingerprint density at radius 2 is 1.87 bits per heavy atom. The Balaban J connectivity index is 0.00000107. The number of pyridine rings is 1. The Morgan fingerprint density at radius 3 is 2.61 bits per heavy atom. The van der Waals surface area contributed by atoms with Crippen LogP contribution >= 0.6 is 0 Å². The zero-order valence-corrected chi connectivity index (χ0v) is 21.0. The number of nitriles is 1. The molecule has 1 aliphatic rings. The normalized spacial score (nSPS) is 14.3. The minimum absolute atomic E-state index is 0.151. The minimum atomic E-state index is 0.151. The molecule has 11 nitrogen and oxygen atoms in total. The maximum Gasteiger partial charge on any atom is 0.373 e. The van der Waals surface area contributed by atoms with Crippen LogP contribution in [-0.4, -0.2) is 55.4 Å². The summed E-state index contributed by atoms with van der Waals surface area (Å²) in [5, 5.41) is 21.4. The average Bonchev–Trinajstić information content (AvgIpc) is 3.62. The molecule has 0 amide bonds. The zero-order valence-electron chi connectivity index (χ0n) is 21.0. The minimum Gasteiger partial charge on any atom is -0.379 e. The van der Waals surface area contributed by atoms with Crippen LogP contribution in [0, 0.1) is 11.3 Å². The van der Waals surface area contributed by atoms with E-state index in [4.69, 9.17) is 29.3 Å². The molecule has 1 N–H and O–H groups in total. The van der Waals surface area contributed by atoms with E-state index in [-0.39, 0.29) is 12.2 Å². The van der Waals surface area contributed by atoms with Crippen molar-refractivity contribution >= 4 is 12.1 Å². The molecule has 1 atom stereocenters. The Labute approximate surface area is 219 Å². The topological polar surface area (TPSA) is 149 Å². The number of rotatable bonds is 7. The van der Waals surface area contributed by atoms with Gasteiger partial charge in [-0.3, -0.25) is 4.98 Å². The number of anilines is 1. The van der Waals surface area contributed by atoms with Crippen LogP contribution in [0.2, 0.25) is 0 Å². The third kappa shape index (κ3) is 6.70. The molecule has 4 aromatic rings. The van der Waals surface area contributed by atoms with E-state index in [2.05, 4.69) is 35.5 Å². The lowest BCUT2D eigenvalue weighted by Crippen LogP contribution is -2.20. The number of hydrogen-bond acceptors (Lipinski definition) is 10. The lowest BCUT2D eigenvalue weighted by molar-refractivity contribution is -0.191. The Bertz CT molecular complexity index is 1470. The highest BCUT2D eigenvalue weighted by atomic mass is 16.5. The number of nitrogens with zero attached hydrogens (tertiary/aromatic N) is 7. The quantitative estimate of drug-likeness (QED) is 0.392. The van der Waals surface area contributed by atoms with Crippen LogP contribution in [0.4, 0.5) is 5.95 Å². The molecule has 11 heteroatoms. The van der Waals surface area contributed by atoms with Crippen LogP contribution in [0.25, 0.3) is 22.6 Å². The summed E-state index contributed by atoms with van der Waals surface area (Å²) in [6.45, 7) is 6.10. The maximum atomic E-state index is 9.32. The van der Waals surface area contributed by atoms with Gasteiger partial charge in [-0.25, -0.2) is 14.6 Å². The lowest BCUT2D eigenvalue weighted by atomic mass is 10.1. The highest BCUT2D eigenvalue weighted by molar-refractivity contribution is 5.68. The molecule has 0 saturated carbocycles.